The van der Waals surface area contributed by atoms with Crippen molar-refractivity contribution in [3.05, 3.63) is 65.4 Å². The molecule has 4 rings (SSSR count). The standard InChI is InChI=1S/C26H31N/c1-4-5-20-6-8-21(9-7-20)23-11-10-22-12-13-27-26(25(22)17-23)24-15-18(2)14-19(3)16-24/h10-17,20-21H,4-9H2,1-3H3. The van der Waals surface area contributed by atoms with Crippen LogP contribution < -0.4 is 0 Å². The van der Waals surface area contributed by atoms with E-state index in [2.05, 4.69) is 63.2 Å². The van der Waals surface area contributed by atoms with E-state index in [0.29, 0.717) is 0 Å². The molecule has 2 aromatic carbocycles. The smallest absolute Gasteiger partial charge is 0.0780 e. The minimum Gasteiger partial charge on any atom is -0.256 e. The van der Waals surface area contributed by atoms with Crippen molar-refractivity contribution in [1.29, 1.82) is 0 Å². The molecule has 3 aromatic rings. The van der Waals surface area contributed by atoms with Crippen molar-refractivity contribution in [3.63, 3.8) is 0 Å². The minimum atomic E-state index is 0.717. The molecule has 0 N–H and O–H groups in total. The first kappa shape index (κ1) is 18.2. The van der Waals surface area contributed by atoms with Crippen LogP contribution >= 0.6 is 0 Å². The highest BCUT2D eigenvalue weighted by Crippen LogP contribution is 2.39. The maximum atomic E-state index is 4.78. The van der Waals surface area contributed by atoms with Crippen LogP contribution in [0.1, 0.15) is 68.1 Å². The molecule has 1 nitrogen and oxygen atoms in total. The van der Waals surface area contributed by atoms with Gasteiger partial charge in [-0.15, -0.1) is 0 Å². The molecule has 27 heavy (non-hydrogen) atoms. The Morgan fingerprint density at radius 3 is 2.33 bits per heavy atom. The van der Waals surface area contributed by atoms with E-state index in [1.807, 2.05) is 6.20 Å². The molecule has 1 aromatic heterocycles. The van der Waals surface area contributed by atoms with Crippen LogP contribution in [-0.2, 0) is 0 Å². The van der Waals surface area contributed by atoms with Crippen molar-refractivity contribution < 1.29 is 0 Å². The molecule has 1 aliphatic rings. The first-order valence-electron chi connectivity index (χ1n) is 10.6. The first-order valence-corrected chi connectivity index (χ1v) is 10.6. The molecule has 1 aliphatic carbocycles. The largest absolute Gasteiger partial charge is 0.256 e. The van der Waals surface area contributed by atoms with Gasteiger partial charge >= 0.3 is 0 Å². The molecule has 1 heteroatoms. The van der Waals surface area contributed by atoms with Crippen LogP contribution in [0.15, 0.2) is 48.7 Å². The molecule has 1 fully saturated rings. The van der Waals surface area contributed by atoms with E-state index in [0.717, 1.165) is 17.5 Å². The van der Waals surface area contributed by atoms with Gasteiger partial charge in [-0.3, -0.25) is 4.98 Å². The number of hydrogen-bond acceptors (Lipinski definition) is 1. The lowest BCUT2D eigenvalue weighted by molar-refractivity contribution is 0.308. The average molecular weight is 358 g/mol. The second-order valence-electron chi connectivity index (χ2n) is 8.52. The Kier molecular flexibility index (Phi) is 5.29. The van der Waals surface area contributed by atoms with Crippen LogP contribution in [0.2, 0.25) is 0 Å². The fraction of sp³-hybridized carbons (Fsp3) is 0.423. The maximum absolute atomic E-state index is 4.78. The molecule has 0 bridgehead atoms. The number of benzene rings is 2. The van der Waals surface area contributed by atoms with Crippen LogP contribution in [0.4, 0.5) is 0 Å². The molecule has 140 valence electrons. The van der Waals surface area contributed by atoms with Crippen LogP contribution in [0.5, 0.6) is 0 Å². The van der Waals surface area contributed by atoms with E-state index in [1.54, 1.807) is 0 Å². The first-order chi connectivity index (χ1) is 13.1. The zero-order valence-corrected chi connectivity index (χ0v) is 17.0. The number of hydrogen-bond donors (Lipinski definition) is 0. The van der Waals surface area contributed by atoms with Crippen LogP contribution in [-0.4, -0.2) is 4.98 Å². The molecule has 0 unspecified atom stereocenters. The second-order valence-corrected chi connectivity index (χ2v) is 8.52. The predicted molar refractivity (Wildman–Crippen MR) is 116 cm³/mol. The van der Waals surface area contributed by atoms with Crippen LogP contribution in [0, 0.1) is 19.8 Å². The third kappa shape index (κ3) is 3.93. The van der Waals surface area contributed by atoms with Gasteiger partial charge in [0.05, 0.1) is 5.69 Å². The lowest BCUT2D eigenvalue weighted by atomic mass is 9.77. The number of fused-ring (bicyclic) bond motifs is 1. The fourth-order valence-corrected chi connectivity index (χ4v) is 4.97. The van der Waals surface area contributed by atoms with Crippen molar-refractivity contribution in [2.45, 2.75) is 65.2 Å². The maximum Gasteiger partial charge on any atom is 0.0780 e. The van der Waals surface area contributed by atoms with Gasteiger partial charge in [0.1, 0.15) is 0 Å². The molecular formula is C26H31N. The zero-order valence-electron chi connectivity index (χ0n) is 17.0. The summed E-state index contributed by atoms with van der Waals surface area (Å²) in [6.45, 7) is 6.65. The lowest BCUT2D eigenvalue weighted by Crippen LogP contribution is -2.13. The summed E-state index contributed by atoms with van der Waals surface area (Å²) in [5, 5.41) is 2.60. The summed E-state index contributed by atoms with van der Waals surface area (Å²) < 4.78 is 0. The molecule has 0 radical (unpaired) electrons. The quantitative estimate of drug-likeness (QED) is 0.468. The van der Waals surface area contributed by atoms with Crippen molar-refractivity contribution in [2.24, 2.45) is 5.92 Å². The Morgan fingerprint density at radius 2 is 1.63 bits per heavy atom. The Hall–Kier alpha value is -2.15. The van der Waals surface area contributed by atoms with Crippen molar-refractivity contribution >= 4 is 10.8 Å². The van der Waals surface area contributed by atoms with Gasteiger partial charge in [0.25, 0.3) is 0 Å². The van der Waals surface area contributed by atoms with Crippen LogP contribution in [0.3, 0.4) is 0 Å². The third-order valence-corrected chi connectivity index (χ3v) is 6.30. The van der Waals surface area contributed by atoms with Gasteiger partial charge in [0.15, 0.2) is 0 Å². The van der Waals surface area contributed by atoms with Crippen LogP contribution in [0.25, 0.3) is 22.0 Å². The summed E-state index contributed by atoms with van der Waals surface area (Å²) in [5.41, 5.74) is 6.47. The van der Waals surface area contributed by atoms with E-state index in [1.165, 1.54) is 71.6 Å². The van der Waals surface area contributed by atoms with E-state index in [9.17, 15) is 0 Å². The number of aromatic nitrogens is 1. The summed E-state index contributed by atoms with van der Waals surface area (Å²) >= 11 is 0. The monoisotopic (exact) mass is 357 g/mol. The zero-order chi connectivity index (χ0) is 18.8. The highest BCUT2D eigenvalue weighted by atomic mass is 14.7. The summed E-state index contributed by atoms with van der Waals surface area (Å²) in [5.74, 6) is 1.68. The van der Waals surface area contributed by atoms with Gasteiger partial charge in [-0.1, -0.05) is 49.1 Å². The minimum absolute atomic E-state index is 0.717. The van der Waals surface area contributed by atoms with E-state index in [4.69, 9.17) is 4.98 Å². The van der Waals surface area contributed by atoms with Gasteiger partial charge < -0.3 is 0 Å². The Bertz CT molecular complexity index is 912. The molecule has 1 saturated carbocycles. The van der Waals surface area contributed by atoms with Gasteiger partial charge in [-0.2, -0.15) is 0 Å². The molecule has 0 aliphatic heterocycles. The summed E-state index contributed by atoms with van der Waals surface area (Å²) in [7, 11) is 0. The van der Waals surface area contributed by atoms with Crippen molar-refractivity contribution in [1.82, 2.24) is 4.98 Å². The normalized spacial score (nSPS) is 20.1. The Balaban J connectivity index is 1.70. The highest BCUT2D eigenvalue weighted by molar-refractivity contribution is 5.95. The Labute approximate surface area is 163 Å². The second kappa shape index (κ2) is 7.84. The van der Waals surface area contributed by atoms with Gasteiger partial charge in [0.2, 0.25) is 0 Å². The Morgan fingerprint density at radius 1 is 0.889 bits per heavy atom. The third-order valence-electron chi connectivity index (χ3n) is 6.30. The number of pyridine rings is 1. The number of aryl methyl sites for hydroxylation is 2. The topological polar surface area (TPSA) is 12.9 Å². The van der Waals surface area contributed by atoms with Gasteiger partial charge in [0, 0.05) is 17.1 Å². The fourth-order valence-electron chi connectivity index (χ4n) is 4.97. The van der Waals surface area contributed by atoms with Gasteiger partial charge in [-0.05, 0) is 86.6 Å². The summed E-state index contributed by atoms with van der Waals surface area (Å²) in [6, 6.07) is 16.0. The lowest BCUT2D eigenvalue weighted by Gasteiger charge is -2.29. The van der Waals surface area contributed by atoms with E-state index < -0.39 is 0 Å². The molecule has 0 amide bonds. The predicted octanol–water partition coefficient (Wildman–Crippen LogP) is 7.59. The molecule has 1 heterocycles. The van der Waals surface area contributed by atoms with Crippen molar-refractivity contribution in [2.75, 3.05) is 0 Å². The van der Waals surface area contributed by atoms with E-state index in [-0.39, 0.29) is 0 Å². The number of rotatable bonds is 4. The van der Waals surface area contributed by atoms with Crippen molar-refractivity contribution in [3.8, 4) is 11.3 Å². The molecule has 0 atom stereocenters. The highest BCUT2D eigenvalue weighted by Gasteiger charge is 2.22. The SMILES string of the molecule is CCCC1CCC(c2ccc3ccnc(-c4cc(C)cc(C)c4)c3c2)CC1. The summed E-state index contributed by atoms with van der Waals surface area (Å²) in [6.07, 6.45) is 10.2. The van der Waals surface area contributed by atoms with Gasteiger partial charge in [-0.25, -0.2) is 0 Å². The molecular weight excluding hydrogens is 326 g/mol. The molecule has 0 saturated heterocycles. The number of nitrogens with zero attached hydrogens (tertiary/aromatic N) is 1. The average Bonchev–Trinajstić information content (AvgIpc) is 2.67. The molecule has 0 spiro atoms. The summed E-state index contributed by atoms with van der Waals surface area (Å²) in [4.78, 5) is 4.78. The van der Waals surface area contributed by atoms with E-state index >= 15 is 0 Å².